The molecule has 1 saturated heterocycles. The van der Waals surface area contributed by atoms with Gasteiger partial charge in [0.15, 0.2) is 11.5 Å². The number of amides is 1. The fraction of sp³-hybridized carbons (Fsp3) is 0.412. The van der Waals surface area contributed by atoms with E-state index >= 15 is 0 Å². The summed E-state index contributed by atoms with van der Waals surface area (Å²) in [5.74, 6) is 0.697. The number of halogens is 1. The van der Waals surface area contributed by atoms with Gasteiger partial charge in [-0.15, -0.1) is 0 Å². The van der Waals surface area contributed by atoms with Gasteiger partial charge in [0.2, 0.25) is 0 Å². The molecule has 0 spiro atoms. The van der Waals surface area contributed by atoms with Gasteiger partial charge in [0.1, 0.15) is 11.6 Å². The summed E-state index contributed by atoms with van der Waals surface area (Å²) in [4.78, 5) is 14.4. The minimum absolute atomic E-state index is 0.124. The van der Waals surface area contributed by atoms with Crippen LogP contribution < -0.4 is 4.74 Å². The van der Waals surface area contributed by atoms with Gasteiger partial charge >= 0.3 is 0 Å². The fourth-order valence-electron chi connectivity index (χ4n) is 3.65. The van der Waals surface area contributed by atoms with Crippen LogP contribution in [0.1, 0.15) is 29.8 Å². The quantitative estimate of drug-likeness (QED) is 0.873. The molecule has 23 heavy (non-hydrogen) atoms. The van der Waals surface area contributed by atoms with Crippen LogP contribution in [-0.2, 0) is 0 Å². The SMILES string of the molecule is COc1ccc(-c2cc(C(=O)N3CC4CCC3C4)no2)c(F)c1. The minimum atomic E-state index is -0.472. The number of methoxy groups -OCH3 is 1. The van der Waals surface area contributed by atoms with Crippen LogP contribution in [0.4, 0.5) is 4.39 Å². The average Bonchev–Trinajstić information content (AvgIpc) is 3.30. The molecule has 4 rings (SSSR count). The first kappa shape index (κ1) is 14.2. The summed E-state index contributed by atoms with van der Waals surface area (Å²) in [6.07, 6.45) is 3.35. The number of carbonyl (C=O) groups is 1. The molecule has 2 bridgehead atoms. The van der Waals surface area contributed by atoms with Crippen molar-refractivity contribution in [2.24, 2.45) is 5.92 Å². The van der Waals surface area contributed by atoms with Crippen molar-refractivity contribution in [1.82, 2.24) is 10.1 Å². The first-order chi connectivity index (χ1) is 11.2. The Labute approximate surface area is 133 Å². The van der Waals surface area contributed by atoms with Gasteiger partial charge in [0.25, 0.3) is 5.91 Å². The molecule has 120 valence electrons. The van der Waals surface area contributed by atoms with Crippen molar-refractivity contribution in [2.75, 3.05) is 13.7 Å². The maximum atomic E-state index is 14.1. The number of likely N-dealkylation sites (tertiary alicyclic amines) is 1. The van der Waals surface area contributed by atoms with Crippen LogP contribution in [-0.4, -0.2) is 35.7 Å². The Hall–Kier alpha value is -2.37. The standard InChI is InChI=1S/C17H17FN2O3/c1-22-12-4-5-13(14(18)7-12)16-8-15(19-23-16)17(21)20-9-10-2-3-11(20)6-10/h4-5,7-8,10-11H,2-3,6,9H2,1H3. The van der Waals surface area contributed by atoms with Crippen molar-refractivity contribution < 1.29 is 18.4 Å². The molecule has 1 aromatic heterocycles. The number of benzene rings is 1. The maximum Gasteiger partial charge on any atom is 0.276 e. The number of piperidine rings is 1. The highest BCUT2D eigenvalue weighted by Gasteiger charge is 2.41. The number of hydrogen-bond acceptors (Lipinski definition) is 4. The minimum Gasteiger partial charge on any atom is -0.497 e. The van der Waals surface area contributed by atoms with E-state index in [0.717, 1.165) is 19.4 Å². The number of fused-ring (bicyclic) bond motifs is 2. The number of aromatic nitrogens is 1. The number of hydrogen-bond donors (Lipinski definition) is 0. The number of carbonyl (C=O) groups excluding carboxylic acids is 1. The zero-order valence-electron chi connectivity index (χ0n) is 12.8. The van der Waals surface area contributed by atoms with E-state index in [1.807, 2.05) is 4.90 Å². The molecule has 6 heteroatoms. The highest BCUT2D eigenvalue weighted by Crippen LogP contribution is 2.38. The summed E-state index contributed by atoms with van der Waals surface area (Å²) in [6.45, 7) is 0.794. The lowest BCUT2D eigenvalue weighted by Crippen LogP contribution is -2.37. The molecule has 1 aliphatic carbocycles. The Morgan fingerprint density at radius 2 is 2.26 bits per heavy atom. The first-order valence-corrected chi connectivity index (χ1v) is 7.77. The molecule has 2 aliphatic rings. The summed E-state index contributed by atoms with van der Waals surface area (Å²) in [5, 5.41) is 3.84. The smallest absolute Gasteiger partial charge is 0.276 e. The second-order valence-corrected chi connectivity index (χ2v) is 6.21. The van der Waals surface area contributed by atoms with Gasteiger partial charge in [-0.1, -0.05) is 5.16 Å². The van der Waals surface area contributed by atoms with Crippen LogP contribution in [0.25, 0.3) is 11.3 Å². The second kappa shape index (κ2) is 5.37. The van der Waals surface area contributed by atoms with E-state index in [1.165, 1.54) is 25.7 Å². The van der Waals surface area contributed by atoms with Crippen molar-refractivity contribution >= 4 is 5.91 Å². The Bertz CT molecular complexity index is 758. The maximum absolute atomic E-state index is 14.1. The molecule has 2 heterocycles. The predicted molar refractivity (Wildman–Crippen MR) is 80.6 cm³/mol. The number of nitrogens with zero attached hydrogens (tertiary/aromatic N) is 2. The number of rotatable bonds is 3. The second-order valence-electron chi connectivity index (χ2n) is 6.21. The molecule has 0 radical (unpaired) electrons. The van der Waals surface area contributed by atoms with Crippen molar-refractivity contribution in [3.05, 3.63) is 35.8 Å². The Balaban J connectivity index is 1.58. The first-order valence-electron chi connectivity index (χ1n) is 7.77. The molecule has 2 aromatic rings. The molecule has 2 atom stereocenters. The summed E-state index contributed by atoms with van der Waals surface area (Å²) in [5.41, 5.74) is 0.503. The van der Waals surface area contributed by atoms with Gasteiger partial charge in [-0.05, 0) is 37.3 Å². The monoisotopic (exact) mass is 316 g/mol. The van der Waals surface area contributed by atoms with E-state index in [0.29, 0.717) is 17.7 Å². The van der Waals surface area contributed by atoms with Crippen LogP contribution in [0.15, 0.2) is 28.8 Å². The summed E-state index contributed by atoms with van der Waals surface area (Å²) in [6, 6.07) is 6.31. The van der Waals surface area contributed by atoms with Gasteiger partial charge in [0, 0.05) is 24.7 Å². The molecule has 1 saturated carbocycles. The predicted octanol–water partition coefficient (Wildman–Crippen LogP) is 3.11. The van der Waals surface area contributed by atoms with Crippen LogP contribution >= 0.6 is 0 Å². The van der Waals surface area contributed by atoms with E-state index in [9.17, 15) is 9.18 Å². The van der Waals surface area contributed by atoms with Gasteiger partial charge in [-0.3, -0.25) is 4.79 Å². The highest BCUT2D eigenvalue weighted by atomic mass is 19.1. The van der Waals surface area contributed by atoms with Crippen LogP contribution in [0.2, 0.25) is 0 Å². The average molecular weight is 316 g/mol. The third kappa shape index (κ3) is 2.38. The topological polar surface area (TPSA) is 55.6 Å². The molecule has 1 aliphatic heterocycles. The van der Waals surface area contributed by atoms with Crippen LogP contribution in [0, 0.1) is 11.7 Å². The van der Waals surface area contributed by atoms with E-state index in [4.69, 9.17) is 9.26 Å². The normalized spacial score (nSPS) is 22.6. The Morgan fingerprint density at radius 1 is 1.39 bits per heavy atom. The molecular formula is C17H17FN2O3. The molecular weight excluding hydrogens is 299 g/mol. The molecule has 1 amide bonds. The third-order valence-corrected chi connectivity index (χ3v) is 4.84. The van der Waals surface area contributed by atoms with E-state index in [2.05, 4.69) is 5.16 Å². The highest BCUT2D eigenvalue weighted by molar-refractivity contribution is 5.93. The van der Waals surface area contributed by atoms with Crippen molar-refractivity contribution in [2.45, 2.75) is 25.3 Å². The lowest BCUT2D eigenvalue weighted by Gasteiger charge is -2.25. The molecule has 2 fully saturated rings. The summed E-state index contributed by atoms with van der Waals surface area (Å²) < 4.78 is 24.3. The zero-order valence-corrected chi connectivity index (χ0v) is 12.8. The van der Waals surface area contributed by atoms with Crippen LogP contribution in [0.5, 0.6) is 5.75 Å². The fourth-order valence-corrected chi connectivity index (χ4v) is 3.65. The van der Waals surface area contributed by atoms with Crippen molar-refractivity contribution in [3.8, 4) is 17.1 Å². The molecule has 0 N–H and O–H groups in total. The van der Waals surface area contributed by atoms with Gasteiger partial charge < -0.3 is 14.2 Å². The van der Waals surface area contributed by atoms with E-state index in [-0.39, 0.29) is 22.9 Å². The van der Waals surface area contributed by atoms with E-state index in [1.54, 1.807) is 12.1 Å². The molecule has 2 unspecified atom stereocenters. The van der Waals surface area contributed by atoms with E-state index < -0.39 is 5.82 Å². The van der Waals surface area contributed by atoms with Gasteiger partial charge in [-0.25, -0.2) is 4.39 Å². The van der Waals surface area contributed by atoms with Gasteiger partial charge in [0.05, 0.1) is 12.7 Å². The largest absolute Gasteiger partial charge is 0.497 e. The Kier molecular flexibility index (Phi) is 3.32. The summed E-state index contributed by atoms with van der Waals surface area (Å²) >= 11 is 0. The van der Waals surface area contributed by atoms with Gasteiger partial charge in [-0.2, -0.15) is 0 Å². The lowest BCUT2D eigenvalue weighted by atomic mass is 10.1. The van der Waals surface area contributed by atoms with Crippen LogP contribution in [0.3, 0.4) is 0 Å². The Morgan fingerprint density at radius 3 is 2.91 bits per heavy atom. The third-order valence-electron chi connectivity index (χ3n) is 4.84. The van der Waals surface area contributed by atoms with Crippen molar-refractivity contribution in [3.63, 3.8) is 0 Å². The van der Waals surface area contributed by atoms with Crippen molar-refractivity contribution in [1.29, 1.82) is 0 Å². The lowest BCUT2D eigenvalue weighted by molar-refractivity contribution is 0.0693. The zero-order chi connectivity index (χ0) is 16.0. The molecule has 5 nitrogen and oxygen atoms in total. The number of ether oxygens (including phenoxy) is 1. The molecule has 1 aromatic carbocycles. The summed E-state index contributed by atoms with van der Waals surface area (Å²) in [7, 11) is 1.48.